The number of nitrogens with zero attached hydrogens (tertiary/aromatic N) is 1. The highest BCUT2D eigenvalue weighted by molar-refractivity contribution is 5.60. The first-order chi connectivity index (χ1) is 11.4. The standard InChI is InChI=1S/C20H17N3/c1-2-6-15(7-3-1)19-14-16(10-13-23-19)20(17-8-4-11-21-17)18-9-5-12-22-18/h1-14,20-22H. The maximum Gasteiger partial charge on any atom is 0.0705 e. The first-order valence-corrected chi connectivity index (χ1v) is 7.70. The SMILES string of the molecule is c1ccc(-c2cc(C(c3ccc[nH]3)c3ccc[nH]3)ccn2)cc1. The van der Waals surface area contributed by atoms with E-state index in [1.165, 1.54) is 5.56 Å². The summed E-state index contributed by atoms with van der Waals surface area (Å²) in [4.78, 5) is 11.2. The molecule has 0 unspecified atom stereocenters. The predicted octanol–water partition coefficient (Wildman–Crippen LogP) is 4.59. The van der Waals surface area contributed by atoms with Gasteiger partial charge in [-0.15, -0.1) is 0 Å². The fraction of sp³-hybridized carbons (Fsp3) is 0.0500. The molecule has 0 bridgehead atoms. The number of hydrogen-bond acceptors (Lipinski definition) is 1. The van der Waals surface area contributed by atoms with Crippen LogP contribution in [0.3, 0.4) is 0 Å². The molecule has 4 rings (SSSR count). The molecule has 0 radical (unpaired) electrons. The largest absolute Gasteiger partial charge is 0.364 e. The summed E-state index contributed by atoms with van der Waals surface area (Å²) in [5.41, 5.74) is 5.66. The zero-order valence-electron chi connectivity index (χ0n) is 12.6. The predicted molar refractivity (Wildman–Crippen MR) is 92.2 cm³/mol. The second-order valence-electron chi connectivity index (χ2n) is 5.52. The van der Waals surface area contributed by atoms with Crippen LogP contribution in [-0.4, -0.2) is 15.0 Å². The Morgan fingerprint density at radius 1 is 0.739 bits per heavy atom. The van der Waals surface area contributed by atoms with Gasteiger partial charge in [-0.3, -0.25) is 4.98 Å². The zero-order chi connectivity index (χ0) is 15.5. The molecule has 1 aromatic carbocycles. The minimum atomic E-state index is 0.144. The van der Waals surface area contributed by atoms with Crippen LogP contribution in [0.2, 0.25) is 0 Å². The Hall–Kier alpha value is -3.07. The number of aromatic amines is 2. The van der Waals surface area contributed by atoms with Crippen molar-refractivity contribution >= 4 is 0 Å². The minimum Gasteiger partial charge on any atom is -0.364 e. The third-order valence-electron chi connectivity index (χ3n) is 4.05. The Balaban J connectivity index is 1.81. The van der Waals surface area contributed by atoms with Gasteiger partial charge in [-0.1, -0.05) is 30.3 Å². The summed E-state index contributed by atoms with van der Waals surface area (Å²) in [5.74, 6) is 0.144. The lowest BCUT2D eigenvalue weighted by atomic mass is 9.92. The van der Waals surface area contributed by atoms with Gasteiger partial charge in [-0.2, -0.15) is 0 Å². The molecule has 3 nitrogen and oxygen atoms in total. The van der Waals surface area contributed by atoms with Crippen LogP contribution in [0.5, 0.6) is 0 Å². The smallest absolute Gasteiger partial charge is 0.0705 e. The number of hydrogen-bond donors (Lipinski definition) is 2. The Morgan fingerprint density at radius 3 is 2.04 bits per heavy atom. The Morgan fingerprint density at radius 2 is 1.43 bits per heavy atom. The van der Waals surface area contributed by atoms with Gasteiger partial charge in [0, 0.05) is 35.5 Å². The third-order valence-corrected chi connectivity index (χ3v) is 4.05. The highest BCUT2D eigenvalue weighted by Crippen LogP contribution is 2.31. The molecule has 0 aliphatic rings. The molecule has 0 aliphatic carbocycles. The average Bonchev–Trinajstić information content (AvgIpc) is 3.31. The van der Waals surface area contributed by atoms with Gasteiger partial charge in [0.25, 0.3) is 0 Å². The Kier molecular flexibility index (Phi) is 3.53. The molecule has 3 heterocycles. The summed E-state index contributed by atoms with van der Waals surface area (Å²) in [6, 6.07) is 22.8. The van der Waals surface area contributed by atoms with Gasteiger partial charge < -0.3 is 9.97 Å². The zero-order valence-corrected chi connectivity index (χ0v) is 12.6. The van der Waals surface area contributed by atoms with Crippen molar-refractivity contribution in [1.29, 1.82) is 0 Å². The van der Waals surface area contributed by atoms with Crippen molar-refractivity contribution in [2.75, 3.05) is 0 Å². The molecule has 3 aromatic heterocycles. The number of benzene rings is 1. The van der Waals surface area contributed by atoms with Gasteiger partial charge in [-0.25, -0.2) is 0 Å². The molecular formula is C20H17N3. The maximum absolute atomic E-state index is 4.53. The van der Waals surface area contributed by atoms with E-state index in [0.29, 0.717) is 0 Å². The first kappa shape index (κ1) is 13.6. The number of H-pyrrole nitrogens is 2. The lowest BCUT2D eigenvalue weighted by Gasteiger charge is -2.16. The van der Waals surface area contributed by atoms with E-state index >= 15 is 0 Å². The van der Waals surface area contributed by atoms with Crippen LogP contribution >= 0.6 is 0 Å². The van der Waals surface area contributed by atoms with Crippen LogP contribution < -0.4 is 0 Å². The number of pyridine rings is 1. The van der Waals surface area contributed by atoms with Crippen molar-refractivity contribution in [1.82, 2.24) is 15.0 Å². The molecule has 23 heavy (non-hydrogen) atoms. The van der Waals surface area contributed by atoms with Crippen LogP contribution in [0.1, 0.15) is 22.9 Å². The van der Waals surface area contributed by atoms with Gasteiger partial charge in [0.1, 0.15) is 0 Å². The van der Waals surface area contributed by atoms with E-state index in [9.17, 15) is 0 Å². The van der Waals surface area contributed by atoms with E-state index < -0.39 is 0 Å². The summed E-state index contributed by atoms with van der Waals surface area (Å²) >= 11 is 0. The molecule has 112 valence electrons. The van der Waals surface area contributed by atoms with Crippen molar-refractivity contribution in [3.05, 3.63) is 102 Å². The molecule has 0 amide bonds. The van der Waals surface area contributed by atoms with E-state index in [2.05, 4.69) is 51.4 Å². The van der Waals surface area contributed by atoms with Crippen LogP contribution in [0, 0.1) is 0 Å². The van der Waals surface area contributed by atoms with Gasteiger partial charge >= 0.3 is 0 Å². The van der Waals surface area contributed by atoms with Crippen LogP contribution in [0.4, 0.5) is 0 Å². The molecule has 3 heteroatoms. The minimum absolute atomic E-state index is 0.144. The van der Waals surface area contributed by atoms with Gasteiger partial charge in [-0.05, 0) is 42.0 Å². The molecule has 2 N–H and O–H groups in total. The van der Waals surface area contributed by atoms with Crippen molar-refractivity contribution in [3.8, 4) is 11.3 Å². The van der Waals surface area contributed by atoms with Crippen molar-refractivity contribution in [3.63, 3.8) is 0 Å². The number of rotatable bonds is 4. The molecule has 0 saturated heterocycles. The van der Waals surface area contributed by atoms with Crippen LogP contribution in [0.15, 0.2) is 85.3 Å². The lowest BCUT2D eigenvalue weighted by molar-refractivity contribution is 0.895. The van der Waals surface area contributed by atoms with E-state index in [-0.39, 0.29) is 5.92 Å². The Labute approximate surface area is 135 Å². The average molecular weight is 299 g/mol. The van der Waals surface area contributed by atoms with Gasteiger partial charge in [0.2, 0.25) is 0 Å². The fourth-order valence-corrected chi connectivity index (χ4v) is 2.97. The normalized spacial score (nSPS) is 11.0. The van der Waals surface area contributed by atoms with Gasteiger partial charge in [0.05, 0.1) is 11.6 Å². The summed E-state index contributed by atoms with van der Waals surface area (Å²) in [5, 5.41) is 0. The molecule has 0 saturated carbocycles. The van der Waals surface area contributed by atoms with E-state index in [1.807, 2.05) is 48.9 Å². The first-order valence-electron chi connectivity index (χ1n) is 7.70. The molecular weight excluding hydrogens is 282 g/mol. The number of aromatic nitrogens is 3. The fourth-order valence-electron chi connectivity index (χ4n) is 2.97. The van der Waals surface area contributed by atoms with Crippen molar-refractivity contribution < 1.29 is 0 Å². The highest BCUT2D eigenvalue weighted by atomic mass is 14.7. The highest BCUT2D eigenvalue weighted by Gasteiger charge is 2.19. The quantitative estimate of drug-likeness (QED) is 0.569. The molecule has 0 fully saturated rings. The maximum atomic E-state index is 4.53. The molecule has 0 atom stereocenters. The van der Waals surface area contributed by atoms with E-state index in [0.717, 1.165) is 22.6 Å². The third kappa shape index (κ3) is 2.69. The van der Waals surface area contributed by atoms with Crippen molar-refractivity contribution in [2.45, 2.75) is 5.92 Å². The summed E-state index contributed by atoms with van der Waals surface area (Å²) in [6.07, 6.45) is 5.81. The molecule has 0 aliphatic heterocycles. The lowest BCUT2D eigenvalue weighted by Crippen LogP contribution is -2.05. The van der Waals surface area contributed by atoms with Crippen LogP contribution in [0.25, 0.3) is 11.3 Å². The van der Waals surface area contributed by atoms with Crippen LogP contribution in [-0.2, 0) is 0 Å². The van der Waals surface area contributed by atoms with E-state index in [1.54, 1.807) is 0 Å². The Bertz CT molecular complexity index is 828. The van der Waals surface area contributed by atoms with Crippen molar-refractivity contribution in [2.24, 2.45) is 0 Å². The summed E-state index contributed by atoms with van der Waals surface area (Å²) in [6.45, 7) is 0. The molecule has 4 aromatic rings. The molecule has 0 spiro atoms. The second kappa shape index (κ2) is 5.97. The number of nitrogens with one attached hydrogen (secondary N) is 2. The van der Waals surface area contributed by atoms with E-state index in [4.69, 9.17) is 0 Å². The summed E-state index contributed by atoms with van der Waals surface area (Å²) in [7, 11) is 0. The summed E-state index contributed by atoms with van der Waals surface area (Å²) < 4.78 is 0. The topological polar surface area (TPSA) is 44.5 Å². The second-order valence-corrected chi connectivity index (χ2v) is 5.52. The van der Waals surface area contributed by atoms with Gasteiger partial charge in [0.15, 0.2) is 0 Å². The monoisotopic (exact) mass is 299 g/mol.